The molecule has 0 aliphatic heterocycles. The summed E-state index contributed by atoms with van der Waals surface area (Å²) in [6.45, 7) is 6.42. The number of hydrogen-bond donors (Lipinski definition) is 0. The van der Waals surface area contributed by atoms with E-state index >= 15 is 0 Å². The highest BCUT2D eigenvalue weighted by Gasteiger charge is 2.31. The maximum absolute atomic E-state index is 14.6. The number of rotatable bonds is 11. The zero-order chi connectivity index (χ0) is 23.6. The van der Waals surface area contributed by atoms with Crippen LogP contribution >= 0.6 is 0 Å². The third kappa shape index (κ3) is 7.58. The van der Waals surface area contributed by atoms with Gasteiger partial charge in [0.25, 0.3) is 0 Å². The van der Waals surface area contributed by atoms with Crippen LogP contribution in [0.1, 0.15) is 95.5 Å². The lowest BCUT2D eigenvalue weighted by Gasteiger charge is -2.38. The summed E-state index contributed by atoms with van der Waals surface area (Å²) in [6, 6.07) is 5.45. The lowest BCUT2D eigenvalue weighted by molar-refractivity contribution is -0.125. The molecule has 0 spiro atoms. The molecule has 1 aromatic carbocycles. The van der Waals surface area contributed by atoms with E-state index in [4.69, 9.17) is 4.74 Å². The molecule has 1 amide bonds. The van der Waals surface area contributed by atoms with E-state index in [9.17, 15) is 9.18 Å². The quantitative estimate of drug-likeness (QED) is 0.254. The van der Waals surface area contributed by atoms with Gasteiger partial charge in [-0.25, -0.2) is 4.39 Å². The van der Waals surface area contributed by atoms with Gasteiger partial charge >= 0.3 is 0 Å². The highest BCUT2D eigenvalue weighted by molar-refractivity contribution is 5.86. The van der Waals surface area contributed by atoms with Crippen LogP contribution in [0.2, 0.25) is 0 Å². The van der Waals surface area contributed by atoms with Gasteiger partial charge in [-0.3, -0.25) is 4.79 Å². The van der Waals surface area contributed by atoms with E-state index in [1.807, 2.05) is 6.07 Å². The summed E-state index contributed by atoms with van der Waals surface area (Å²) in [5.74, 6) is 3.05. The highest BCUT2D eigenvalue weighted by Crippen LogP contribution is 2.44. The average Bonchev–Trinajstić information content (AvgIpc) is 2.85. The van der Waals surface area contributed by atoms with Crippen LogP contribution in [0.5, 0.6) is 5.75 Å². The first-order valence-electron chi connectivity index (χ1n) is 13.3. The average molecular weight is 458 g/mol. The van der Waals surface area contributed by atoms with Crippen molar-refractivity contribution in [2.45, 2.75) is 89.9 Å². The first kappa shape index (κ1) is 25.8. The second-order valence-electron chi connectivity index (χ2n) is 10.4. The van der Waals surface area contributed by atoms with Crippen molar-refractivity contribution in [1.82, 2.24) is 4.90 Å². The molecule has 2 aliphatic carbocycles. The summed E-state index contributed by atoms with van der Waals surface area (Å²) in [5, 5.41) is 0. The molecule has 0 atom stereocenters. The van der Waals surface area contributed by atoms with E-state index in [0.29, 0.717) is 12.5 Å². The predicted molar refractivity (Wildman–Crippen MR) is 134 cm³/mol. The second-order valence-corrected chi connectivity index (χ2v) is 10.4. The van der Waals surface area contributed by atoms with Gasteiger partial charge in [-0.05, 0) is 86.0 Å². The van der Waals surface area contributed by atoms with Crippen molar-refractivity contribution >= 4 is 5.91 Å². The summed E-state index contributed by atoms with van der Waals surface area (Å²) in [7, 11) is 1.68. The fourth-order valence-corrected chi connectivity index (χ4v) is 6.00. The molecule has 0 unspecified atom stereocenters. The largest absolute Gasteiger partial charge is 0.489 e. The molecule has 184 valence electrons. The van der Waals surface area contributed by atoms with Crippen molar-refractivity contribution < 1.29 is 13.9 Å². The van der Waals surface area contributed by atoms with Crippen LogP contribution in [-0.2, 0) is 4.79 Å². The van der Waals surface area contributed by atoms with Crippen molar-refractivity contribution in [1.29, 1.82) is 0 Å². The molecule has 0 radical (unpaired) electrons. The minimum absolute atomic E-state index is 0.162. The zero-order valence-electron chi connectivity index (χ0n) is 20.9. The lowest BCUT2D eigenvalue weighted by atomic mass is 9.68. The van der Waals surface area contributed by atoms with Gasteiger partial charge in [-0.15, -0.1) is 0 Å². The first-order valence-corrected chi connectivity index (χ1v) is 13.3. The van der Waals surface area contributed by atoms with Crippen molar-refractivity contribution in [2.75, 3.05) is 20.2 Å². The van der Waals surface area contributed by atoms with Gasteiger partial charge in [0.15, 0.2) is 11.6 Å². The van der Waals surface area contributed by atoms with E-state index in [2.05, 4.69) is 13.5 Å². The van der Waals surface area contributed by atoms with Crippen molar-refractivity contribution in [3.63, 3.8) is 0 Å². The number of amides is 1. The van der Waals surface area contributed by atoms with Crippen molar-refractivity contribution in [3.8, 4) is 5.75 Å². The Balaban J connectivity index is 1.41. The SMILES string of the molecule is C=CC(=O)N(C)CCOc1ccc(C2CCC(C3CCC(CCCCC)CC3)CC2)cc1F. The molecule has 4 heteroatoms. The number of carbonyl (C=O) groups is 1. The van der Waals surface area contributed by atoms with Crippen molar-refractivity contribution in [3.05, 3.63) is 42.2 Å². The summed E-state index contributed by atoms with van der Waals surface area (Å²) in [6.07, 6.45) is 17.5. The molecule has 3 nitrogen and oxygen atoms in total. The van der Waals surface area contributed by atoms with Gasteiger partial charge in [0.2, 0.25) is 5.91 Å². The molecular weight excluding hydrogens is 413 g/mol. The molecule has 2 fully saturated rings. The third-order valence-corrected chi connectivity index (χ3v) is 8.21. The van der Waals surface area contributed by atoms with Gasteiger partial charge in [0.05, 0.1) is 6.54 Å². The van der Waals surface area contributed by atoms with Gasteiger partial charge in [0.1, 0.15) is 6.61 Å². The van der Waals surface area contributed by atoms with Crippen LogP contribution in [0, 0.1) is 23.6 Å². The maximum Gasteiger partial charge on any atom is 0.245 e. The molecule has 0 saturated heterocycles. The van der Waals surface area contributed by atoms with Gasteiger partial charge in [0, 0.05) is 7.05 Å². The van der Waals surface area contributed by atoms with E-state index in [0.717, 1.165) is 23.3 Å². The Morgan fingerprint density at radius 2 is 1.76 bits per heavy atom. The molecule has 2 aliphatic rings. The first-order chi connectivity index (χ1) is 16.0. The topological polar surface area (TPSA) is 29.5 Å². The number of likely N-dealkylation sites (N-methyl/N-ethyl adjacent to an activating group) is 1. The van der Waals surface area contributed by atoms with E-state index in [1.165, 1.54) is 88.0 Å². The molecule has 2 saturated carbocycles. The Morgan fingerprint density at radius 3 is 2.36 bits per heavy atom. The predicted octanol–water partition coefficient (Wildman–Crippen LogP) is 7.51. The smallest absolute Gasteiger partial charge is 0.245 e. The second kappa shape index (κ2) is 13.2. The summed E-state index contributed by atoms with van der Waals surface area (Å²) < 4.78 is 20.2. The van der Waals surface area contributed by atoms with Crippen LogP contribution in [-0.4, -0.2) is 31.0 Å². The normalized spacial score (nSPS) is 25.4. The van der Waals surface area contributed by atoms with Crippen LogP contribution in [0.3, 0.4) is 0 Å². The Bertz CT molecular complexity index is 748. The van der Waals surface area contributed by atoms with Gasteiger partial charge in [-0.1, -0.05) is 58.1 Å². The number of unbranched alkanes of at least 4 members (excludes halogenated alkanes) is 2. The van der Waals surface area contributed by atoms with Crippen LogP contribution in [0.4, 0.5) is 4.39 Å². The van der Waals surface area contributed by atoms with Gasteiger partial charge in [-0.2, -0.15) is 0 Å². The molecule has 33 heavy (non-hydrogen) atoms. The molecule has 0 bridgehead atoms. The standard InChI is InChI=1S/C29H44FNO2/c1-4-6-7-8-22-9-11-23(12-10-22)24-13-15-25(16-14-24)26-17-18-28(27(30)21-26)33-20-19-31(3)29(32)5-2/h5,17-18,21-25H,2,4,6-16,19-20H2,1,3H3. The van der Waals surface area contributed by atoms with E-state index in [1.54, 1.807) is 19.2 Å². The number of ether oxygens (including phenoxy) is 1. The van der Waals surface area contributed by atoms with Crippen LogP contribution in [0.15, 0.2) is 30.9 Å². The van der Waals surface area contributed by atoms with E-state index < -0.39 is 0 Å². The number of hydrogen-bond acceptors (Lipinski definition) is 2. The van der Waals surface area contributed by atoms with Crippen molar-refractivity contribution in [2.24, 2.45) is 17.8 Å². The lowest BCUT2D eigenvalue weighted by Crippen LogP contribution is -2.29. The Morgan fingerprint density at radius 1 is 1.09 bits per heavy atom. The molecular formula is C29H44FNO2. The monoisotopic (exact) mass is 457 g/mol. The Kier molecular flexibility index (Phi) is 10.3. The van der Waals surface area contributed by atoms with Crippen LogP contribution < -0.4 is 4.74 Å². The van der Waals surface area contributed by atoms with Crippen LogP contribution in [0.25, 0.3) is 0 Å². The number of halogens is 1. The minimum Gasteiger partial charge on any atom is -0.489 e. The minimum atomic E-state index is -0.297. The molecule has 1 aromatic rings. The summed E-state index contributed by atoms with van der Waals surface area (Å²) in [5.41, 5.74) is 1.11. The Labute approximate surface area is 200 Å². The fourth-order valence-electron chi connectivity index (χ4n) is 6.00. The number of carbonyl (C=O) groups excluding carboxylic acids is 1. The summed E-state index contributed by atoms with van der Waals surface area (Å²) in [4.78, 5) is 13.0. The Hall–Kier alpha value is -1.84. The fraction of sp³-hybridized carbons (Fsp3) is 0.690. The van der Waals surface area contributed by atoms with E-state index in [-0.39, 0.29) is 24.1 Å². The zero-order valence-corrected chi connectivity index (χ0v) is 20.9. The number of nitrogens with zero attached hydrogens (tertiary/aromatic N) is 1. The number of benzene rings is 1. The molecule has 0 N–H and O–H groups in total. The van der Waals surface area contributed by atoms with Gasteiger partial charge < -0.3 is 9.64 Å². The molecule has 0 aromatic heterocycles. The molecule has 3 rings (SSSR count). The molecule has 0 heterocycles. The summed E-state index contributed by atoms with van der Waals surface area (Å²) >= 11 is 0. The highest BCUT2D eigenvalue weighted by atomic mass is 19.1. The third-order valence-electron chi connectivity index (χ3n) is 8.21. The maximum atomic E-state index is 14.6.